The van der Waals surface area contributed by atoms with Crippen LogP contribution in [0.25, 0.3) is 0 Å². The van der Waals surface area contributed by atoms with Crippen molar-refractivity contribution in [1.29, 1.82) is 0 Å². The predicted octanol–water partition coefficient (Wildman–Crippen LogP) is 8.52. The Kier molecular flexibility index (Phi) is 14.0. The van der Waals surface area contributed by atoms with Crippen LogP contribution in [0.4, 0.5) is 0 Å². The van der Waals surface area contributed by atoms with Crippen LogP contribution >= 0.6 is 0 Å². The van der Waals surface area contributed by atoms with Gasteiger partial charge in [0.15, 0.2) is 18.9 Å². The first-order valence-corrected chi connectivity index (χ1v) is 15.2. The first-order valence-electron chi connectivity index (χ1n) is 15.2. The maximum atomic E-state index is 6.04. The van der Waals surface area contributed by atoms with E-state index in [1.54, 1.807) is 0 Å². The highest BCUT2D eigenvalue weighted by molar-refractivity contribution is 5.40. The van der Waals surface area contributed by atoms with Crippen molar-refractivity contribution in [3.05, 3.63) is 89.5 Å². The molecule has 6 heteroatoms. The molecule has 0 spiro atoms. The predicted molar refractivity (Wildman–Crippen MR) is 164 cm³/mol. The summed E-state index contributed by atoms with van der Waals surface area (Å²) in [5.74, 6) is 2.56. The van der Waals surface area contributed by atoms with Gasteiger partial charge in [-0.1, -0.05) is 57.2 Å². The Morgan fingerprint density at radius 3 is 1.05 bits per heavy atom. The molecule has 0 heterocycles. The Hall–Kier alpha value is -3.06. The lowest BCUT2D eigenvalue weighted by Crippen LogP contribution is -2.19. The van der Waals surface area contributed by atoms with Gasteiger partial charge < -0.3 is 28.4 Å². The zero-order valence-electron chi connectivity index (χ0n) is 25.6. The number of hydrogen-bond donors (Lipinski definition) is 0. The second-order valence-electron chi connectivity index (χ2n) is 9.77. The van der Waals surface area contributed by atoms with Crippen LogP contribution in [0.1, 0.15) is 83.4 Å². The molecule has 3 unspecified atom stereocenters. The summed E-state index contributed by atoms with van der Waals surface area (Å²) in [5, 5.41) is 0. The van der Waals surface area contributed by atoms with Crippen LogP contribution in [0, 0.1) is 0 Å². The number of ether oxygens (including phenoxy) is 6. The van der Waals surface area contributed by atoms with Gasteiger partial charge in [0.05, 0.1) is 0 Å². The molecule has 0 aromatic heterocycles. The fraction of sp³-hybridized carbons (Fsp3) is 0.486. The Morgan fingerprint density at radius 2 is 0.756 bits per heavy atom. The van der Waals surface area contributed by atoms with E-state index in [4.69, 9.17) is 28.4 Å². The molecule has 0 bridgehead atoms. The summed E-state index contributed by atoms with van der Waals surface area (Å²) in [5.41, 5.74) is 3.63. The third-order valence-corrected chi connectivity index (χ3v) is 6.79. The van der Waals surface area contributed by atoms with Crippen LogP contribution in [0.15, 0.2) is 72.8 Å². The number of rotatable bonds is 19. The molecule has 0 radical (unpaired) electrons. The van der Waals surface area contributed by atoms with Crippen LogP contribution in [0.5, 0.6) is 17.2 Å². The lowest BCUT2D eigenvalue weighted by molar-refractivity contribution is -0.0769. The van der Waals surface area contributed by atoms with Gasteiger partial charge in [0, 0.05) is 45.0 Å². The minimum absolute atomic E-state index is 0.138. The topological polar surface area (TPSA) is 55.4 Å². The van der Waals surface area contributed by atoms with Gasteiger partial charge in [-0.15, -0.1) is 0 Å². The first-order chi connectivity index (χ1) is 20.0. The van der Waals surface area contributed by atoms with Crippen LogP contribution in [-0.4, -0.2) is 38.7 Å². The maximum Gasteiger partial charge on any atom is 0.199 e. The van der Waals surface area contributed by atoms with Gasteiger partial charge in [0.1, 0.15) is 17.2 Å². The van der Waals surface area contributed by atoms with Crippen molar-refractivity contribution in [2.45, 2.75) is 92.0 Å². The van der Waals surface area contributed by atoms with E-state index < -0.39 is 0 Å². The van der Waals surface area contributed by atoms with Gasteiger partial charge in [0.2, 0.25) is 0 Å². The van der Waals surface area contributed by atoms with E-state index in [-0.39, 0.29) is 24.8 Å². The van der Waals surface area contributed by atoms with Crippen LogP contribution in [0.2, 0.25) is 0 Å². The van der Waals surface area contributed by atoms with Crippen molar-refractivity contribution in [1.82, 2.24) is 0 Å². The maximum absolute atomic E-state index is 6.04. The van der Waals surface area contributed by atoms with Crippen molar-refractivity contribution >= 4 is 0 Å². The van der Waals surface area contributed by atoms with Crippen molar-refractivity contribution in [2.24, 2.45) is 0 Å². The molecule has 3 rings (SSSR count). The summed E-state index contributed by atoms with van der Waals surface area (Å²) >= 11 is 0. The third kappa shape index (κ3) is 10.4. The quantitative estimate of drug-likeness (QED) is 0.136. The summed E-state index contributed by atoms with van der Waals surface area (Å²) in [6.45, 7) is 14.0. The van der Waals surface area contributed by atoms with E-state index in [1.165, 1.54) is 16.7 Å². The molecule has 0 aliphatic rings. The van der Waals surface area contributed by atoms with Crippen LogP contribution in [0.3, 0.4) is 0 Å². The Balaban J connectivity index is 1.83. The van der Waals surface area contributed by atoms with Crippen molar-refractivity contribution in [3.63, 3.8) is 0 Å². The van der Waals surface area contributed by atoms with E-state index in [0.717, 1.165) is 42.9 Å². The smallest absolute Gasteiger partial charge is 0.199 e. The summed E-state index contributed by atoms with van der Waals surface area (Å²) in [6.07, 6.45) is 2.49. The minimum Gasteiger partial charge on any atom is -0.465 e. The van der Waals surface area contributed by atoms with Gasteiger partial charge >= 0.3 is 0 Å². The van der Waals surface area contributed by atoms with Crippen LogP contribution in [-0.2, 0) is 20.6 Å². The monoisotopic (exact) mass is 564 g/mol. The van der Waals surface area contributed by atoms with E-state index in [9.17, 15) is 0 Å². The summed E-state index contributed by atoms with van der Waals surface area (Å²) in [4.78, 5) is 0. The Bertz CT molecular complexity index is 1040. The van der Waals surface area contributed by atoms with Gasteiger partial charge in [0.25, 0.3) is 0 Å². The van der Waals surface area contributed by atoms with Gasteiger partial charge in [-0.25, -0.2) is 0 Å². The number of benzene rings is 3. The zero-order valence-corrected chi connectivity index (χ0v) is 25.6. The molecule has 0 saturated carbocycles. The molecular formula is C35H48O6. The van der Waals surface area contributed by atoms with E-state index >= 15 is 0 Å². The molecule has 0 aliphatic carbocycles. The fourth-order valence-corrected chi connectivity index (χ4v) is 4.64. The van der Waals surface area contributed by atoms with E-state index in [1.807, 2.05) is 57.2 Å². The van der Waals surface area contributed by atoms with Crippen molar-refractivity contribution in [3.8, 4) is 17.2 Å². The molecule has 0 saturated heterocycles. The molecule has 6 nitrogen and oxygen atoms in total. The van der Waals surface area contributed by atoms with Crippen LogP contribution < -0.4 is 14.2 Å². The average molecular weight is 565 g/mol. The molecular weight excluding hydrogens is 516 g/mol. The van der Waals surface area contributed by atoms with Crippen molar-refractivity contribution < 1.29 is 28.4 Å². The van der Waals surface area contributed by atoms with E-state index in [0.29, 0.717) is 19.8 Å². The SMILES string of the molecule is CCOC(CC)Oc1ccc(CC(c2ccc(OC(CC)OCC)cc2)c2ccc(OC(CC)OCC)cc2)cc1. The highest BCUT2D eigenvalue weighted by Crippen LogP contribution is 2.32. The zero-order chi connectivity index (χ0) is 29.5. The minimum atomic E-state index is -0.242. The third-order valence-electron chi connectivity index (χ3n) is 6.79. The van der Waals surface area contributed by atoms with Gasteiger partial charge in [-0.05, 0) is 80.3 Å². The Morgan fingerprint density at radius 1 is 0.439 bits per heavy atom. The molecule has 0 fully saturated rings. The molecule has 224 valence electrons. The molecule has 3 atom stereocenters. The molecule has 41 heavy (non-hydrogen) atoms. The standard InChI is InChI=1S/C35H48O6/c1-7-33(36-10-4)39-29-19-13-26(14-20-29)25-32(27-15-21-30(22-16-27)40-34(8-2)37-11-5)28-17-23-31(24-18-28)41-35(9-3)38-12-6/h13-24,32-35H,7-12,25H2,1-6H3. The highest BCUT2D eigenvalue weighted by atomic mass is 16.7. The first kappa shape index (κ1) is 32.5. The van der Waals surface area contributed by atoms with Gasteiger partial charge in [-0.2, -0.15) is 0 Å². The Labute approximate surface area is 246 Å². The lowest BCUT2D eigenvalue weighted by atomic mass is 9.86. The molecule has 3 aromatic carbocycles. The van der Waals surface area contributed by atoms with E-state index in [2.05, 4.69) is 57.2 Å². The summed E-state index contributed by atoms with van der Waals surface area (Å²) < 4.78 is 35.1. The fourth-order valence-electron chi connectivity index (χ4n) is 4.64. The average Bonchev–Trinajstić information content (AvgIpc) is 3.01. The molecule has 0 N–H and O–H groups in total. The normalized spacial score (nSPS) is 14.2. The van der Waals surface area contributed by atoms with Crippen molar-refractivity contribution in [2.75, 3.05) is 19.8 Å². The number of hydrogen-bond acceptors (Lipinski definition) is 6. The summed E-state index contributed by atoms with van der Waals surface area (Å²) in [6, 6.07) is 25.1. The second kappa shape index (κ2) is 17.7. The highest BCUT2D eigenvalue weighted by Gasteiger charge is 2.18. The van der Waals surface area contributed by atoms with Gasteiger partial charge in [-0.3, -0.25) is 0 Å². The molecule has 0 aliphatic heterocycles. The molecule has 0 amide bonds. The molecule has 3 aromatic rings. The lowest BCUT2D eigenvalue weighted by Gasteiger charge is -2.22. The second-order valence-corrected chi connectivity index (χ2v) is 9.77. The summed E-state index contributed by atoms with van der Waals surface area (Å²) in [7, 11) is 0. The largest absolute Gasteiger partial charge is 0.465 e.